The van der Waals surface area contributed by atoms with Gasteiger partial charge in [-0.15, -0.1) is 0 Å². The SMILES string of the molecule is C=CC(=O)OCC(O)COc1ccc(C(C)C)c(C(=O)[C@@H](N)Cc2cnc[nH]2)c1. The van der Waals surface area contributed by atoms with Gasteiger partial charge in [0, 0.05) is 30.0 Å². The van der Waals surface area contributed by atoms with Gasteiger partial charge in [-0.05, 0) is 23.6 Å². The number of Topliss-reactive ketones (excluding diaryl/α,β-unsaturated/α-hetero) is 1. The molecule has 0 fully saturated rings. The molecular weight excluding hydrogens is 374 g/mol. The van der Waals surface area contributed by atoms with E-state index in [9.17, 15) is 14.7 Å². The Morgan fingerprint density at radius 3 is 2.72 bits per heavy atom. The number of hydrogen-bond donors (Lipinski definition) is 3. The first-order chi connectivity index (χ1) is 13.8. The van der Waals surface area contributed by atoms with Crippen LogP contribution in [0.4, 0.5) is 0 Å². The lowest BCUT2D eigenvalue weighted by molar-refractivity contribution is -0.141. The molecule has 0 radical (unpaired) electrons. The fourth-order valence-electron chi connectivity index (χ4n) is 2.75. The average molecular weight is 401 g/mol. The van der Waals surface area contributed by atoms with Crippen molar-refractivity contribution in [2.45, 2.75) is 38.3 Å². The van der Waals surface area contributed by atoms with E-state index in [-0.39, 0.29) is 24.9 Å². The summed E-state index contributed by atoms with van der Waals surface area (Å²) in [5, 5.41) is 9.88. The molecule has 0 saturated heterocycles. The number of nitrogens with one attached hydrogen (secondary N) is 1. The van der Waals surface area contributed by atoms with Crippen molar-refractivity contribution in [3.05, 3.63) is 60.2 Å². The highest BCUT2D eigenvalue weighted by atomic mass is 16.5. The van der Waals surface area contributed by atoms with E-state index < -0.39 is 18.1 Å². The molecule has 2 atom stereocenters. The first-order valence-electron chi connectivity index (χ1n) is 9.32. The molecule has 0 spiro atoms. The number of aliphatic hydroxyl groups excluding tert-OH is 1. The highest BCUT2D eigenvalue weighted by Gasteiger charge is 2.22. The number of aliphatic hydroxyl groups is 1. The van der Waals surface area contributed by atoms with E-state index in [2.05, 4.69) is 16.5 Å². The predicted octanol–water partition coefficient (Wildman–Crippen LogP) is 1.75. The molecule has 29 heavy (non-hydrogen) atoms. The Hall–Kier alpha value is -2.97. The Morgan fingerprint density at radius 1 is 1.34 bits per heavy atom. The van der Waals surface area contributed by atoms with Gasteiger partial charge in [0.15, 0.2) is 5.78 Å². The van der Waals surface area contributed by atoms with Crippen LogP contribution in [0.25, 0.3) is 0 Å². The van der Waals surface area contributed by atoms with Crippen molar-refractivity contribution in [2.75, 3.05) is 13.2 Å². The third kappa shape index (κ3) is 6.55. The third-order valence-electron chi connectivity index (χ3n) is 4.27. The van der Waals surface area contributed by atoms with Gasteiger partial charge in [0.25, 0.3) is 0 Å². The van der Waals surface area contributed by atoms with E-state index in [0.29, 0.717) is 17.7 Å². The molecule has 0 aliphatic carbocycles. The summed E-state index contributed by atoms with van der Waals surface area (Å²) in [7, 11) is 0. The van der Waals surface area contributed by atoms with Crippen molar-refractivity contribution in [1.29, 1.82) is 0 Å². The van der Waals surface area contributed by atoms with Gasteiger partial charge in [0.05, 0.1) is 12.4 Å². The monoisotopic (exact) mass is 401 g/mol. The molecule has 156 valence electrons. The van der Waals surface area contributed by atoms with Gasteiger partial charge in [-0.2, -0.15) is 0 Å². The quantitative estimate of drug-likeness (QED) is 0.297. The van der Waals surface area contributed by atoms with Gasteiger partial charge in [0.2, 0.25) is 0 Å². The van der Waals surface area contributed by atoms with Crippen LogP contribution in [0.1, 0.15) is 41.4 Å². The second-order valence-corrected chi connectivity index (χ2v) is 6.95. The highest BCUT2D eigenvalue weighted by molar-refractivity contribution is 6.01. The zero-order chi connectivity index (χ0) is 21.4. The number of ketones is 1. The van der Waals surface area contributed by atoms with Crippen LogP contribution in [0.15, 0.2) is 43.4 Å². The fourth-order valence-corrected chi connectivity index (χ4v) is 2.75. The van der Waals surface area contributed by atoms with Crippen molar-refractivity contribution >= 4 is 11.8 Å². The van der Waals surface area contributed by atoms with Crippen molar-refractivity contribution in [3.8, 4) is 5.75 Å². The number of carbonyl (C=O) groups excluding carboxylic acids is 2. The number of hydrogen-bond acceptors (Lipinski definition) is 7. The number of aromatic amines is 1. The Labute approximate surface area is 169 Å². The molecule has 2 aromatic rings. The van der Waals surface area contributed by atoms with Crippen molar-refractivity contribution in [3.63, 3.8) is 0 Å². The van der Waals surface area contributed by atoms with Gasteiger partial charge in [-0.1, -0.05) is 26.5 Å². The summed E-state index contributed by atoms with van der Waals surface area (Å²) in [6.45, 7) is 6.95. The first kappa shape index (κ1) is 22.3. The van der Waals surface area contributed by atoms with Crippen molar-refractivity contribution in [1.82, 2.24) is 9.97 Å². The number of nitrogens with zero attached hydrogens (tertiary/aromatic N) is 1. The van der Waals surface area contributed by atoms with Crippen LogP contribution < -0.4 is 10.5 Å². The number of ether oxygens (including phenoxy) is 2. The molecule has 0 bridgehead atoms. The highest BCUT2D eigenvalue weighted by Crippen LogP contribution is 2.26. The number of H-pyrrole nitrogens is 1. The lowest BCUT2D eigenvalue weighted by Crippen LogP contribution is -2.33. The summed E-state index contributed by atoms with van der Waals surface area (Å²) in [5.74, 6) is -0.287. The summed E-state index contributed by atoms with van der Waals surface area (Å²) >= 11 is 0. The van der Waals surface area contributed by atoms with Gasteiger partial charge < -0.3 is 25.3 Å². The number of aromatic nitrogens is 2. The minimum absolute atomic E-state index is 0.0979. The van der Waals surface area contributed by atoms with E-state index in [1.165, 1.54) is 6.33 Å². The van der Waals surface area contributed by atoms with Gasteiger partial charge >= 0.3 is 5.97 Å². The lowest BCUT2D eigenvalue weighted by Gasteiger charge is -2.18. The summed E-state index contributed by atoms with van der Waals surface area (Å²) in [4.78, 5) is 30.9. The lowest BCUT2D eigenvalue weighted by atomic mass is 9.91. The summed E-state index contributed by atoms with van der Waals surface area (Å²) < 4.78 is 10.3. The van der Waals surface area contributed by atoms with Crippen LogP contribution in [0, 0.1) is 0 Å². The van der Waals surface area contributed by atoms with E-state index in [4.69, 9.17) is 15.2 Å². The molecule has 8 heteroatoms. The smallest absolute Gasteiger partial charge is 0.330 e. The molecule has 0 aliphatic heterocycles. The molecule has 1 unspecified atom stereocenters. The standard InChI is InChI=1S/C21H27N3O5/c1-4-20(26)29-11-15(25)10-28-16-5-6-17(13(2)3)18(8-16)21(27)19(22)7-14-9-23-12-24-14/h4-6,8-9,12-13,15,19,25H,1,7,10-11,22H2,2-3H3,(H,23,24)/t15?,19-/m0/s1. The molecule has 4 N–H and O–H groups in total. The molecule has 1 heterocycles. The molecule has 8 nitrogen and oxygen atoms in total. The number of carbonyl (C=O) groups is 2. The molecular formula is C21H27N3O5. The maximum absolute atomic E-state index is 13.0. The summed E-state index contributed by atoms with van der Waals surface area (Å²) in [6, 6.07) is 4.45. The molecule has 1 aromatic carbocycles. The van der Waals surface area contributed by atoms with Gasteiger partial charge in [0.1, 0.15) is 25.1 Å². The number of imidazole rings is 1. The first-order valence-corrected chi connectivity index (χ1v) is 9.32. The van der Waals surface area contributed by atoms with Crippen LogP contribution in [0.3, 0.4) is 0 Å². The minimum atomic E-state index is -1.01. The van der Waals surface area contributed by atoms with E-state index in [1.807, 2.05) is 19.9 Å². The Kier molecular flexibility index (Phi) is 8.11. The summed E-state index contributed by atoms with van der Waals surface area (Å²) in [5.41, 5.74) is 8.25. The van der Waals surface area contributed by atoms with E-state index >= 15 is 0 Å². The second kappa shape index (κ2) is 10.5. The van der Waals surface area contributed by atoms with Crippen LogP contribution in [0.5, 0.6) is 5.75 Å². The molecule has 0 aliphatic rings. The predicted molar refractivity (Wildman–Crippen MR) is 108 cm³/mol. The summed E-state index contributed by atoms with van der Waals surface area (Å²) in [6.07, 6.45) is 3.53. The normalized spacial score (nSPS) is 13.0. The molecule has 0 saturated carbocycles. The number of esters is 1. The fraction of sp³-hybridized carbons (Fsp3) is 0.381. The number of rotatable bonds is 11. The van der Waals surface area contributed by atoms with E-state index in [1.54, 1.807) is 18.3 Å². The molecule has 0 amide bonds. The number of nitrogens with two attached hydrogens (primary N) is 1. The zero-order valence-corrected chi connectivity index (χ0v) is 16.6. The average Bonchev–Trinajstić information content (AvgIpc) is 3.22. The Morgan fingerprint density at radius 2 is 2.10 bits per heavy atom. The zero-order valence-electron chi connectivity index (χ0n) is 16.6. The largest absolute Gasteiger partial charge is 0.491 e. The number of benzene rings is 1. The second-order valence-electron chi connectivity index (χ2n) is 6.95. The minimum Gasteiger partial charge on any atom is -0.491 e. The van der Waals surface area contributed by atoms with Crippen LogP contribution in [-0.4, -0.2) is 52.2 Å². The maximum atomic E-state index is 13.0. The van der Waals surface area contributed by atoms with Crippen LogP contribution in [0.2, 0.25) is 0 Å². The van der Waals surface area contributed by atoms with Gasteiger partial charge in [-0.25, -0.2) is 9.78 Å². The van der Waals surface area contributed by atoms with E-state index in [0.717, 1.165) is 17.3 Å². The van der Waals surface area contributed by atoms with Crippen molar-refractivity contribution < 1.29 is 24.2 Å². The Bertz CT molecular complexity index is 833. The topological polar surface area (TPSA) is 128 Å². The van der Waals surface area contributed by atoms with Crippen molar-refractivity contribution in [2.24, 2.45) is 5.73 Å². The van der Waals surface area contributed by atoms with Gasteiger partial charge in [-0.3, -0.25) is 4.79 Å². The third-order valence-corrected chi connectivity index (χ3v) is 4.27. The molecule has 2 rings (SSSR count). The maximum Gasteiger partial charge on any atom is 0.330 e. The Balaban J connectivity index is 2.09. The van der Waals surface area contributed by atoms with Crippen LogP contribution in [-0.2, 0) is 16.0 Å². The van der Waals surface area contributed by atoms with Crippen LogP contribution >= 0.6 is 0 Å². The molecule has 1 aromatic heterocycles.